The maximum atomic E-state index is 11.8. The molecule has 1 atom stereocenters. The van der Waals surface area contributed by atoms with Gasteiger partial charge >= 0.3 is 0 Å². The average molecular weight is 204 g/mol. The minimum absolute atomic E-state index is 0.225. The minimum atomic E-state index is 0.225. The van der Waals surface area contributed by atoms with Gasteiger partial charge in [0.2, 0.25) is 0 Å². The van der Waals surface area contributed by atoms with E-state index in [1.54, 1.807) is 12.4 Å². The molecule has 15 heavy (non-hydrogen) atoms. The van der Waals surface area contributed by atoms with Gasteiger partial charge in [-0.15, -0.1) is 0 Å². The molecule has 1 aromatic heterocycles. The highest BCUT2D eigenvalue weighted by molar-refractivity contribution is 5.95. The van der Waals surface area contributed by atoms with Gasteiger partial charge in [-0.3, -0.25) is 9.78 Å². The lowest BCUT2D eigenvalue weighted by molar-refractivity contribution is 0.0962. The van der Waals surface area contributed by atoms with Crippen molar-refractivity contribution in [2.45, 2.75) is 12.8 Å². The minimum Gasteiger partial charge on any atom is -0.306 e. The lowest BCUT2D eigenvalue weighted by Gasteiger charge is -2.09. The molecule has 3 nitrogen and oxygen atoms in total. The number of hydrogen-bond acceptors (Lipinski definition) is 3. The van der Waals surface area contributed by atoms with Gasteiger partial charge in [0.15, 0.2) is 5.78 Å². The van der Waals surface area contributed by atoms with Gasteiger partial charge in [0.05, 0.1) is 0 Å². The highest BCUT2D eigenvalue weighted by atomic mass is 16.1. The van der Waals surface area contributed by atoms with Crippen molar-refractivity contribution in [3.8, 4) is 0 Å². The maximum absolute atomic E-state index is 11.8. The molecule has 0 spiro atoms. The first-order valence-corrected chi connectivity index (χ1v) is 5.37. The number of aromatic nitrogens is 1. The number of nitrogens with zero attached hydrogens (tertiary/aromatic N) is 2. The van der Waals surface area contributed by atoms with Crippen LogP contribution in [0.4, 0.5) is 0 Å². The SMILES string of the molecule is CN1CC[C@@H](CC(=O)c2cccnc2)C1. The third-order valence-corrected chi connectivity index (χ3v) is 2.95. The Morgan fingerprint density at radius 1 is 1.67 bits per heavy atom. The molecule has 1 aromatic rings. The fourth-order valence-electron chi connectivity index (χ4n) is 2.10. The molecule has 1 aliphatic rings. The van der Waals surface area contributed by atoms with Gasteiger partial charge < -0.3 is 4.90 Å². The second kappa shape index (κ2) is 4.53. The van der Waals surface area contributed by atoms with E-state index < -0.39 is 0 Å². The van der Waals surface area contributed by atoms with Crippen LogP contribution in [0, 0.1) is 5.92 Å². The van der Waals surface area contributed by atoms with Crippen LogP contribution < -0.4 is 0 Å². The summed E-state index contributed by atoms with van der Waals surface area (Å²) in [6, 6.07) is 3.65. The Morgan fingerprint density at radius 2 is 2.53 bits per heavy atom. The van der Waals surface area contributed by atoms with Crippen molar-refractivity contribution in [2.24, 2.45) is 5.92 Å². The molecular formula is C12H16N2O. The molecule has 80 valence electrons. The number of likely N-dealkylation sites (tertiary alicyclic amines) is 1. The Bertz CT molecular complexity index is 337. The summed E-state index contributed by atoms with van der Waals surface area (Å²) in [4.78, 5) is 18.1. The lowest BCUT2D eigenvalue weighted by Crippen LogP contribution is -2.16. The molecule has 1 aliphatic heterocycles. The normalized spacial score (nSPS) is 21.8. The number of rotatable bonds is 3. The predicted octanol–water partition coefficient (Wildman–Crippen LogP) is 1.61. The van der Waals surface area contributed by atoms with Gasteiger partial charge in [-0.2, -0.15) is 0 Å². The third kappa shape index (κ3) is 2.63. The third-order valence-electron chi connectivity index (χ3n) is 2.95. The lowest BCUT2D eigenvalue weighted by atomic mass is 9.98. The maximum Gasteiger partial charge on any atom is 0.164 e. The van der Waals surface area contributed by atoms with Crippen LogP contribution in [0.5, 0.6) is 0 Å². The monoisotopic (exact) mass is 204 g/mol. The van der Waals surface area contributed by atoms with E-state index in [4.69, 9.17) is 0 Å². The summed E-state index contributed by atoms with van der Waals surface area (Å²) >= 11 is 0. The van der Waals surface area contributed by atoms with Crippen molar-refractivity contribution < 1.29 is 4.79 Å². The van der Waals surface area contributed by atoms with Gasteiger partial charge in [-0.1, -0.05) is 0 Å². The summed E-state index contributed by atoms with van der Waals surface area (Å²) in [6.45, 7) is 2.16. The quantitative estimate of drug-likeness (QED) is 0.701. The second-order valence-corrected chi connectivity index (χ2v) is 4.29. The number of Topliss-reactive ketones (excluding diaryl/α,β-unsaturated/α-hetero) is 1. The van der Waals surface area contributed by atoms with E-state index >= 15 is 0 Å². The van der Waals surface area contributed by atoms with Crippen LogP contribution in [0.2, 0.25) is 0 Å². The van der Waals surface area contributed by atoms with Crippen molar-refractivity contribution in [2.75, 3.05) is 20.1 Å². The van der Waals surface area contributed by atoms with E-state index in [2.05, 4.69) is 16.9 Å². The zero-order valence-electron chi connectivity index (χ0n) is 9.02. The summed E-state index contributed by atoms with van der Waals surface area (Å²) in [5.41, 5.74) is 0.743. The number of carbonyl (C=O) groups is 1. The highest BCUT2D eigenvalue weighted by Crippen LogP contribution is 2.19. The first-order valence-electron chi connectivity index (χ1n) is 5.37. The summed E-state index contributed by atoms with van der Waals surface area (Å²) < 4.78 is 0. The van der Waals surface area contributed by atoms with Crippen LogP contribution in [0.1, 0.15) is 23.2 Å². The summed E-state index contributed by atoms with van der Waals surface area (Å²) in [5.74, 6) is 0.756. The summed E-state index contributed by atoms with van der Waals surface area (Å²) in [5, 5.41) is 0. The van der Waals surface area contributed by atoms with Crippen molar-refractivity contribution in [3.05, 3.63) is 30.1 Å². The number of ketones is 1. The molecular weight excluding hydrogens is 188 g/mol. The first kappa shape index (κ1) is 10.3. The zero-order valence-corrected chi connectivity index (χ0v) is 9.02. The fraction of sp³-hybridized carbons (Fsp3) is 0.500. The molecule has 2 heterocycles. The molecule has 0 bridgehead atoms. The Hall–Kier alpha value is -1.22. The highest BCUT2D eigenvalue weighted by Gasteiger charge is 2.22. The smallest absolute Gasteiger partial charge is 0.164 e. The van der Waals surface area contributed by atoms with Gasteiger partial charge in [-0.25, -0.2) is 0 Å². The van der Waals surface area contributed by atoms with E-state index in [1.165, 1.54) is 0 Å². The molecule has 0 aromatic carbocycles. The topological polar surface area (TPSA) is 33.2 Å². The fourth-order valence-corrected chi connectivity index (χ4v) is 2.10. The standard InChI is InChI=1S/C12H16N2O/c1-14-6-4-10(9-14)7-12(15)11-3-2-5-13-8-11/h2-3,5,8,10H,4,6-7,9H2,1H3/t10-/m0/s1. The summed E-state index contributed by atoms with van der Waals surface area (Å²) in [7, 11) is 2.11. The number of hydrogen-bond donors (Lipinski definition) is 0. The Balaban J connectivity index is 1.93. The van der Waals surface area contributed by atoms with Crippen LogP contribution in [0.15, 0.2) is 24.5 Å². The van der Waals surface area contributed by atoms with E-state index in [-0.39, 0.29) is 5.78 Å². The molecule has 0 saturated carbocycles. The van der Waals surface area contributed by atoms with Gasteiger partial charge in [0.1, 0.15) is 0 Å². The Morgan fingerprint density at radius 3 is 3.13 bits per heavy atom. The Kier molecular flexibility index (Phi) is 3.11. The zero-order chi connectivity index (χ0) is 10.7. The molecule has 0 amide bonds. The van der Waals surface area contributed by atoms with E-state index in [1.807, 2.05) is 12.1 Å². The van der Waals surface area contributed by atoms with Crippen molar-refractivity contribution in [1.29, 1.82) is 0 Å². The molecule has 2 rings (SSSR count). The van der Waals surface area contributed by atoms with Crippen LogP contribution in [0.25, 0.3) is 0 Å². The first-order chi connectivity index (χ1) is 7.25. The van der Waals surface area contributed by atoms with Gasteiger partial charge in [0, 0.05) is 30.9 Å². The largest absolute Gasteiger partial charge is 0.306 e. The van der Waals surface area contributed by atoms with E-state index in [0.717, 1.165) is 25.1 Å². The van der Waals surface area contributed by atoms with Crippen LogP contribution in [-0.2, 0) is 0 Å². The van der Waals surface area contributed by atoms with E-state index in [0.29, 0.717) is 12.3 Å². The molecule has 0 radical (unpaired) electrons. The van der Waals surface area contributed by atoms with Crippen LogP contribution in [-0.4, -0.2) is 35.8 Å². The molecule has 0 aliphatic carbocycles. The van der Waals surface area contributed by atoms with Crippen LogP contribution in [0.3, 0.4) is 0 Å². The van der Waals surface area contributed by atoms with Crippen LogP contribution >= 0.6 is 0 Å². The molecule has 1 saturated heterocycles. The van der Waals surface area contributed by atoms with Crippen molar-refractivity contribution >= 4 is 5.78 Å². The molecule has 1 fully saturated rings. The molecule has 3 heteroatoms. The summed E-state index contributed by atoms with van der Waals surface area (Å²) in [6.07, 6.45) is 5.15. The van der Waals surface area contributed by atoms with Gasteiger partial charge in [-0.05, 0) is 38.1 Å². The van der Waals surface area contributed by atoms with Crippen molar-refractivity contribution in [3.63, 3.8) is 0 Å². The average Bonchev–Trinajstić information content (AvgIpc) is 2.65. The predicted molar refractivity (Wildman–Crippen MR) is 58.8 cm³/mol. The van der Waals surface area contributed by atoms with Crippen molar-refractivity contribution in [1.82, 2.24) is 9.88 Å². The number of carbonyl (C=O) groups excluding carboxylic acids is 1. The molecule has 0 unspecified atom stereocenters. The second-order valence-electron chi connectivity index (χ2n) is 4.29. The molecule has 0 N–H and O–H groups in total. The van der Waals surface area contributed by atoms with Gasteiger partial charge in [0.25, 0.3) is 0 Å². The van der Waals surface area contributed by atoms with E-state index in [9.17, 15) is 4.79 Å². The number of pyridine rings is 1. The Labute approximate surface area is 90.1 Å².